The molecule has 13 heavy (non-hydrogen) atoms. The molecule has 3 nitrogen and oxygen atoms in total. The molecule has 1 saturated carbocycles. The van der Waals surface area contributed by atoms with Gasteiger partial charge in [-0.05, 0) is 25.2 Å². The van der Waals surface area contributed by atoms with E-state index in [0.29, 0.717) is 5.92 Å². The molecule has 1 rings (SSSR count). The molecule has 0 unspecified atom stereocenters. The molecular weight excluding hydrogens is 164 g/mol. The molecule has 1 aliphatic carbocycles. The monoisotopic (exact) mass is 184 g/mol. The summed E-state index contributed by atoms with van der Waals surface area (Å²) in [4.78, 5) is 13.3. The molecule has 0 heterocycles. The van der Waals surface area contributed by atoms with E-state index < -0.39 is 0 Å². The molecule has 1 aliphatic rings. The lowest BCUT2D eigenvalue weighted by molar-refractivity contribution is -0.134. The predicted octanol–water partition coefficient (Wildman–Crippen LogP) is 0.838. The zero-order valence-corrected chi connectivity index (χ0v) is 8.79. The van der Waals surface area contributed by atoms with Crippen molar-refractivity contribution >= 4 is 5.91 Å². The van der Waals surface area contributed by atoms with Gasteiger partial charge in [-0.25, -0.2) is 0 Å². The maximum atomic E-state index is 11.6. The molecular formula is C10H20N2O. The molecule has 3 heteroatoms. The topological polar surface area (TPSA) is 46.3 Å². The van der Waals surface area contributed by atoms with E-state index in [2.05, 4.69) is 6.92 Å². The highest BCUT2D eigenvalue weighted by molar-refractivity contribution is 5.78. The van der Waals surface area contributed by atoms with Gasteiger partial charge < -0.3 is 10.6 Å². The third kappa shape index (κ3) is 2.44. The Hall–Kier alpha value is -0.570. The fourth-order valence-corrected chi connectivity index (χ4v) is 1.95. The van der Waals surface area contributed by atoms with Crippen molar-refractivity contribution in [2.24, 2.45) is 17.6 Å². The molecule has 2 N–H and O–H groups in total. The molecule has 3 atom stereocenters. The quantitative estimate of drug-likeness (QED) is 0.656. The molecule has 0 spiro atoms. The highest BCUT2D eigenvalue weighted by atomic mass is 16.2. The third-order valence-electron chi connectivity index (χ3n) is 3.05. The summed E-state index contributed by atoms with van der Waals surface area (Å²) >= 11 is 0. The molecule has 0 aromatic rings. The number of hydrogen-bond donors (Lipinski definition) is 1. The Bertz CT molecular complexity index is 191. The van der Waals surface area contributed by atoms with Crippen LogP contribution in [0.5, 0.6) is 0 Å². The van der Waals surface area contributed by atoms with Crippen molar-refractivity contribution in [2.45, 2.75) is 32.2 Å². The van der Waals surface area contributed by atoms with Gasteiger partial charge in [-0.1, -0.05) is 6.92 Å². The summed E-state index contributed by atoms with van der Waals surface area (Å²) < 4.78 is 0. The molecule has 1 amide bonds. The second-order valence-corrected chi connectivity index (χ2v) is 4.38. The number of hydrogen-bond acceptors (Lipinski definition) is 2. The fourth-order valence-electron chi connectivity index (χ4n) is 1.95. The van der Waals surface area contributed by atoms with E-state index in [1.165, 1.54) is 0 Å². The lowest BCUT2D eigenvalue weighted by Crippen LogP contribution is -2.40. The van der Waals surface area contributed by atoms with E-state index in [1.807, 2.05) is 14.1 Å². The van der Waals surface area contributed by atoms with Crippen LogP contribution in [0.1, 0.15) is 26.2 Å². The van der Waals surface area contributed by atoms with Gasteiger partial charge in [0, 0.05) is 26.1 Å². The van der Waals surface area contributed by atoms with Crippen LogP contribution in [0.2, 0.25) is 0 Å². The standard InChI is InChI=1S/C10H20N2O/c1-7-4-5-8(6-9(7)11)10(13)12(2)3/h7-9H,4-6,11H2,1-3H3/t7-,8-,9+/m0/s1. The normalized spacial score (nSPS) is 34.3. The van der Waals surface area contributed by atoms with Crippen LogP contribution in [-0.4, -0.2) is 30.9 Å². The van der Waals surface area contributed by atoms with Crippen LogP contribution in [-0.2, 0) is 4.79 Å². The zero-order valence-electron chi connectivity index (χ0n) is 8.79. The first-order valence-electron chi connectivity index (χ1n) is 4.99. The van der Waals surface area contributed by atoms with Crippen molar-refractivity contribution in [1.29, 1.82) is 0 Å². The van der Waals surface area contributed by atoms with E-state index in [1.54, 1.807) is 4.90 Å². The maximum Gasteiger partial charge on any atom is 0.225 e. The molecule has 0 bridgehead atoms. The Balaban J connectivity index is 2.50. The smallest absolute Gasteiger partial charge is 0.225 e. The van der Waals surface area contributed by atoms with Crippen molar-refractivity contribution in [3.8, 4) is 0 Å². The largest absolute Gasteiger partial charge is 0.349 e. The first-order chi connectivity index (χ1) is 6.02. The highest BCUT2D eigenvalue weighted by Crippen LogP contribution is 2.28. The van der Waals surface area contributed by atoms with Gasteiger partial charge in [0.1, 0.15) is 0 Å². The van der Waals surface area contributed by atoms with E-state index in [0.717, 1.165) is 19.3 Å². The summed E-state index contributed by atoms with van der Waals surface area (Å²) in [6.45, 7) is 2.17. The van der Waals surface area contributed by atoms with Gasteiger partial charge in [-0.15, -0.1) is 0 Å². The van der Waals surface area contributed by atoms with Crippen LogP contribution in [0.3, 0.4) is 0 Å². The van der Waals surface area contributed by atoms with Crippen LogP contribution in [0, 0.1) is 11.8 Å². The Morgan fingerprint density at radius 1 is 1.38 bits per heavy atom. The number of nitrogens with two attached hydrogens (primary N) is 1. The van der Waals surface area contributed by atoms with E-state index in [4.69, 9.17) is 5.73 Å². The summed E-state index contributed by atoms with van der Waals surface area (Å²) in [6.07, 6.45) is 2.95. The minimum atomic E-state index is 0.168. The summed E-state index contributed by atoms with van der Waals surface area (Å²) in [5.41, 5.74) is 5.94. The van der Waals surface area contributed by atoms with Crippen molar-refractivity contribution in [2.75, 3.05) is 14.1 Å². The zero-order chi connectivity index (χ0) is 10.0. The first-order valence-corrected chi connectivity index (χ1v) is 4.99. The molecule has 76 valence electrons. The summed E-state index contributed by atoms with van der Waals surface area (Å²) in [5.74, 6) is 0.981. The van der Waals surface area contributed by atoms with Crippen LogP contribution in [0.4, 0.5) is 0 Å². The van der Waals surface area contributed by atoms with Crippen LogP contribution in [0.25, 0.3) is 0 Å². The first kappa shape index (κ1) is 10.5. The van der Waals surface area contributed by atoms with Gasteiger partial charge in [0.05, 0.1) is 0 Å². The SMILES string of the molecule is C[C@H]1CC[C@H](C(=O)N(C)C)C[C@H]1N. The Labute approximate surface area is 80.3 Å². The molecule has 0 aromatic carbocycles. The fraction of sp³-hybridized carbons (Fsp3) is 0.900. The van der Waals surface area contributed by atoms with Gasteiger partial charge in [0.15, 0.2) is 0 Å². The number of carbonyl (C=O) groups excluding carboxylic acids is 1. The number of nitrogens with zero attached hydrogens (tertiary/aromatic N) is 1. The number of carbonyl (C=O) groups is 1. The average molecular weight is 184 g/mol. The lowest BCUT2D eigenvalue weighted by Gasteiger charge is -2.32. The van der Waals surface area contributed by atoms with Gasteiger partial charge >= 0.3 is 0 Å². The molecule has 0 aromatic heterocycles. The van der Waals surface area contributed by atoms with Crippen molar-refractivity contribution < 1.29 is 4.79 Å². The van der Waals surface area contributed by atoms with Crippen LogP contribution in [0.15, 0.2) is 0 Å². The van der Waals surface area contributed by atoms with E-state index >= 15 is 0 Å². The van der Waals surface area contributed by atoms with Crippen molar-refractivity contribution in [3.63, 3.8) is 0 Å². The average Bonchev–Trinajstić information content (AvgIpc) is 2.08. The number of amides is 1. The van der Waals surface area contributed by atoms with Gasteiger partial charge in [-0.2, -0.15) is 0 Å². The minimum Gasteiger partial charge on any atom is -0.349 e. The summed E-state index contributed by atoms with van der Waals surface area (Å²) in [5, 5.41) is 0. The van der Waals surface area contributed by atoms with Crippen molar-refractivity contribution in [3.05, 3.63) is 0 Å². The maximum absolute atomic E-state index is 11.6. The lowest BCUT2D eigenvalue weighted by atomic mass is 9.79. The highest BCUT2D eigenvalue weighted by Gasteiger charge is 2.30. The molecule has 0 radical (unpaired) electrons. The van der Waals surface area contributed by atoms with Gasteiger partial charge in [-0.3, -0.25) is 4.79 Å². The molecule has 0 aliphatic heterocycles. The summed E-state index contributed by atoms with van der Waals surface area (Å²) in [7, 11) is 3.62. The Morgan fingerprint density at radius 3 is 2.46 bits per heavy atom. The Morgan fingerprint density at radius 2 is 2.00 bits per heavy atom. The summed E-state index contributed by atoms with van der Waals surface area (Å²) in [6, 6.07) is 0.211. The van der Waals surface area contributed by atoms with E-state index in [9.17, 15) is 4.79 Å². The molecule has 0 saturated heterocycles. The van der Waals surface area contributed by atoms with Gasteiger partial charge in [0.25, 0.3) is 0 Å². The van der Waals surface area contributed by atoms with Crippen molar-refractivity contribution in [1.82, 2.24) is 4.90 Å². The minimum absolute atomic E-state index is 0.168. The van der Waals surface area contributed by atoms with E-state index in [-0.39, 0.29) is 17.9 Å². The van der Waals surface area contributed by atoms with Gasteiger partial charge in [0.2, 0.25) is 5.91 Å². The third-order valence-corrected chi connectivity index (χ3v) is 3.05. The second-order valence-electron chi connectivity index (χ2n) is 4.38. The second kappa shape index (κ2) is 4.09. The van der Waals surface area contributed by atoms with Crippen LogP contribution < -0.4 is 5.73 Å². The predicted molar refractivity (Wildman–Crippen MR) is 53.2 cm³/mol. The molecule has 1 fully saturated rings. The number of rotatable bonds is 1. The Kier molecular flexibility index (Phi) is 3.31. The van der Waals surface area contributed by atoms with Crippen LogP contribution >= 0.6 is 0 Å².